The number of aryl methyl sites for hydroxylation is 2. The standard InChI is InChI=1S/C32H28N2Se2/c1-21-7-11-23(12-8-21)31(25-5-3-19-33-25)29-17-15-27(35-29)28-16-18-30(36-28)32(26-6-4-20-34-26)24-13-9-22(2)10-14-24/h3-20,31-34H,1-2H3. The average molecular weight is 599 g/mol. The van der Waals surface area contributed by atoms with Gasteiger partial charge in [0.05, 0.1) is 0 Å². The Hall–Kier alpha value is -3.00. The predicted molar refractivity (Wildman–Crippen MR) is 152 cm³/mol. The minimum atomic E-state index is 0.288. The van der Waals surface area contributed by atoms with E-state index in [1.165, 1.54) is 51.4 Å². The van der Waals surface area contributed by atoms with E-state index < -0.39 is 0 Å². The summed E-state index contributed by atoms with van der Waals surface area (Å²) in [5, 5.41) is 0. The van der Waals surface area contributed by atoms with Gasteiger partial charge >= 0.3 is 226 Å². The van der Waals surface area contributed by atoms with Gasteiger partial charge in [0.1, 0.15) is 0 Å². The zero-order valence-corrected chi connectivity index (χ0v) is 23.8. The topological polar surface area (TPSA) is 31.6 Å². The van der Waals surface area contributed by atoms with E-state index >= 15 is 0 Å². The number of hydrogen-bond donors (Lipinski definition) is 2. The van der Waals surface area contributed by atoms with Crippen LogP contribution in [0.15, 0.2) is 109 Å². The molecule has 0 radical (unpaired) electrons. The molecule has 0 fully saturated rings. The number of aromatic nitrogens is 2. The minimum absolute atomic E-state index is 0.288. The first-order valence-electron chi connectivity index (χ1n) is 12.3. The van der Waals surface area contributed by atoms with Crippen LogP contribution in [0.5, 0.6) is 0 Å². The van der Waals surface area contributed by atoms with Gasteiger partial charge in [0.25, 0.3) is 0 Å². The van der Waals surface area contributed by atoms with Crippen LogP contribution in [-0.2, 0) is 0 Å². The summed E-state index contributed by atoms with van der Waals surface area (Å²) in [6.45, 7) is 4.31. The van der Waals surface area contributed by atoms with Gasteiger partial charge in [-0.3, -0.25) is 0 Å². The Balaban J connectivity index is 1.35. The first kappa shape index (κ1) is 23.4. The molecule has 0 spiro atoms. The second-order valence-electron chi connectivity index (χ2n) is 9.34. The van der Waals surface area contributed by atoms with Crippen molar-refractivity contribution in [3.8, 4) is 8.87 Å². The van der Waals surface area contributed by atoms with Crippen molar-refractivity contribution >= 4 is 29.0 Å². The normalized spacial score (nSPS) is 13.1. The molecule has 4 heterocycles. The van der Waals surface area contributed by atoms with E-state index in [1.54, 1.807) is 0 Å². The fraction of sp³-hybridized carbons (Fsp3) is 0.125. The van der Waals surface area contributed by atoms with Crippen molar-refractivity contribution in [2.75, 3.05) is 0 Å². The molecule has 6 aromatic rings. The van der Waals surface area contributed by atoms with Gasteiger partial charge in [-0.15, -0.1) is 0 Å². The van der Waals surface area contributed by atoms with Crippen LogP contribution in [0.1, 0.15) is 54.4 Å². The number of benzene rings is 2. The SMILES string of the molecule is Cc1ccc(C(c2ccc[nH]2)c2ccc(-c3ccc(C(c4ccc(C)cc4)c4ccc[nH]4)[se]3)[se]2)cc1. The molecule has 0 aliphatic rings. The summed E-state index contributed by atoms with van der Waals surface area (Å²) in [5.74, 6) is 0.575. The zero-order chi connectivity index (χ0) is 24.5. The number of aromatic amines is 2. The zero-order valence-electron chi connectivity index (χ0n) is 20.4. The van der Waals surface area contributed by atoms with E-state index in [4.69, 9.17) is 0 Å². The van der Waals surface area contributed by atoms with Crippen molar-refractivity contribution in [1.29, 1.82) is 0 Å². The molecule has 0 bridgehead atoms. The van der Waals surface area contributed by atoms with Crippen LogP contribution in [0, 0.1) is 13.8 Å². The molecule has 2 nitrogen and oxygen atoms in total. The number of H-pyrrole nitrogens is 2. The third-order valence-electron chi connectivity index (χ3n) is 6.75. The first-order valence-corrected chi connectivity index (χ1v) is 15.7. The van der Waals surface area contributed by atoms with E-state index in [1.807, 2.05) is 12.4 Å². The van der Waals surface area contributed by atoms with Crippen molar-refractivity contribution in [3.05, 3.63) is 152 Å². The molecular formula is C32H28N2Se2. The summed E-state index contributed by atoms with van der Waals surface area (Å²) in [5.41, 5.74) is 7.88. The molecule has 2 unspecified atom stereocenters. The van der Waals surface area contributed by atoms with Crippen molar-refractivity contribution in [2.24, 2.45) is 0 Å². The molecular weight excluding hydrogens is 570 g/mol. The summed E-state index contributed by atoms with van der Waals surface area (Å²) in [6, 6.07) is 36.3. The van der Waals surface area contributed by atoms with Crippen molar-refractivity contribution in [2.45, 2.75) is 25.7 Å². The molecule has 6 rings (SSSR count). The Labute approximate surface area is 224 Å². The molecule has 0 aliphatic heterocycles. The maximum absolute atomic E-state index is 3.49. The van der Waals surface area contributed by atoms with Crippen molar-refractivity contribution in [1.82, 2.24) is 9.97 Å². The Kier molecular flexibility index (Phi) is 6.61. The molecule has 0 saturated carbocycles. The van der Waals surface area contributed by atoms with Gasteiger partial charge in [0.2, 0.25) is 0 Å². The number of hydrogen-bond acceptors (Lipinski definition) is 0. The summed E-state index contributed by atoms with van der Waals surface area (Å²) in [6.07, 6.45) is 4.08. The Morgan fingerprint density at radius 2 is 0.917 bits per heavy atom. The van der Waals surface area contributed by atoms with E-state index in [0.717, 1.165) is 0 Å². The fourth-order valence-electron chi connectivity index (χ4n) is 4.84. The molecule has 178 valence electrons. The Morgan fingerprint density at radius 3 is 1.28 bits per heavy atom. The van der Waals surface area contributed by atoms with Crippen LogP contribution in [0.2, 0.25) is 0 Å². The quantitative estimate of drug-likeness (QED) is 0.184. The molecule has 2 aromatic carbocycles. The second kappa shape index (κ2) is 10.2. The number of nitrogens with one attached hydrogen (secondary N) is 2. The summed E-state index contributed by atoms with van der Waals surface area (Å²) < 4.78 is 6.10. The van der Waals surface area contributed by atoms with Crippen LogP contribution in [-0.4, -0.2) is 39.0 Å². The average Bonchev–Trinajstić information content (AvgIpc) is 3.70. The molecule has 4 heteroatoms. The van der Waals surface area contributed by atoms with Gasteiger partial charge in [-0.05, 0) is 0 Å². The molecule has 2 atom stereocenters. The third kappa shape index (κ3) is 4.71. The van der Waals surface area contributed by atoms with Crippen LogP contribution in [0.4, 0.5) is 0 Å². The van der Waals surface area contributed by atoms with Crippen LogP contribution < -0.4 is 0 Å². The maximum atomic E-state index is 3.49. The summed E-state index contributed by atoms with van der Waals surface area (Å²) >= 11 is 0.618. The number of rotatable bonds is 7. The second-order valence-corrected chi connectivity index (χ2v) is 14.0. The molecule has 0 aliphatic carbocycles. The van der Waals surface area contributed by atoms with Gasteiger partial charge in [-0.25, -0.2) is 0 Å². The summed E-state index contributed by atoms with van der Waals surface area (Å²) in [7, 11) is 0. The van der Waals surface area contributed by atoms with Gasteiger partial charge in [0.15, 0.2) is 0 Å². The first-order chi connectivity index (χ1) is 17.7. The van der Waals surface area contributed by atoms with Gasteiger partial charge in [-0.1, -0.05) is 0 Å². The van der Waals surface area contributed by atoms with Gasteiger partial charge in [-0.2, -0.15) is 0 Å². The molecule has 0 saturated heterocycles. The fourth-order valence-corrected chi connectivity index (χ4v) is 10.3. The van der Waals surface area contributed by atoms with Crippen LogP contribution in [0.25, 0.3) is 8.87 Å². The van der Waals surface area contributed by atoms with E-state index in [2.05, 4.69) is 121 Å². The van der Waals surface area contributed by atoms with Crippen LogP contribution >= 0.6 is 0 Å². The van der Waals surface area contributed by atoms with Crippen LogP contribution in [0.3, 0.4) is 0 Å². The Bertz CT molecular complexity index is 1410. The van der Waals surface area contributed by atoms with Gasteiger partial charge in [0, 0.05) is 0 Å². The summed E-state index contributed by atoms with van der Waals surface area (Å²) in [4.78, 5) is 6.99. The molecule has 0 amide bonds. The monoisotopic (exact) mass is 600 g/mol. The van der Waals surface area contributed by atoms with E-state index in [-0.39, 0.29) is 11.8 Å². The Morgan fingerprint density at radius 1 is 0.500 bits per heavy atom. The molecule has 4 aromatic heterocycles. The van der Waals surface area contributed by atoms with Gasteiger partial charge < -0.3 is 0 Å². The van der Waals surface area contributed by atoms with E-state index in [0.29, 0.717) is 29.0 Å². The van der Waals surface area contributed by atoms with E-state index in [9.17, 15) is 0 Å². The van der Waals surface area contributed by atoms with Crippen molar-refractivity contribution < 1.29 is 0 Å². The third-order valence-corrected chi connectivity index (χ3v) is 12.4. The van der Waals surface area contributed by atoms with Crippen molar-refractivity contribution in [3.63, 3.8) is 0 Å². The molecule has 2 N–H and O–H groups in total. The molecule has 36 heavy (non-hydrogen) atoms. The predicted octanol–water partition coefficient (Wildman–Crippen LogP) is 7.10.